The molecule has 113 heavy (non-hydrogen) atoms. The number of benzene rings is 8. The number of rotatable bonds is 25. The molecule has 0 bridgehead atoms. The average molecular weight is 1590 g/mol. The molecule has 0 aliphatic carbocycles. The molecule has 6 atom stereocenters. The molecule has 0 N–H and O–H groups in total. The third-order valence-electron chi connectivity index (χ3n) is 21.8. The van der Waals surface area contributed by atoms with Crippen LogP contribution in [0.3, 0.4) is 0 Å². The van der Waals surface area contributed by atoms with Crippen molar-refractivity contribution >= 4 is 87.8 Å². The van der Waals surface area contributed by atoms with Crippen molar-refractivity contribution in [2.75, 3.05) is 45.5 Å². The Morgan fingerprint density at radius 1 is 0.389 bits per heavy atom. The third kappa shape index (κ3) is 22.8. The van der Waals surface area contributed by atoms with Crippen LogP contribution < -0.4 is 23.7 Å². The molecule has 11 rings (SSSR count). The number of hydrogen-bond acceptors (Lipinski definition) is 15. The first-order valence-corrected chi connectivity index (χ1v) is 40.3. The fourth-order valence-electron chi connectivity index (χ4n) is 14.6. The van der Waals surface area contributed by atoms with Crippen molar-refractivity contribution in [1.29, 1.82) is 0 Å². The van der Waals surface area contributed by atoms with E-state index in [1.54, 1.807) is 179 Å². The Hall–Kier alpha value is -9.88. The van der Waals surface area contributed by atoms with Gasteiger partial charge in [-0.25, -0.2) is 9.59 Å². The van der Waals surface area contributed by atoms with Gasteiger partial charge in [-0.1, -0.05) is 108 Å². The van der Waals surface area contributed by atoms with Gasteiger partial charge in [-0.2, -0.15) is 0 Å². The largest absolute Gasteiger partial charge is 0.480 e. The van der Waals surface area contributed by atoms with Crippen molar-refractivity contribution in [3.63, 3.8) is 0 Å². The summed E-state index contributed by atoms with van der Waals surface area (Å²) in [5, 5.41) is 1.12. The number of amides is 3. The van der Waals surface area contributed by atoms with Crippen LogP contribution in [-0.4, -0.2) is 130 Å². The second-order valence-electron chi connectivity index (χ2n) is 31.7. The zero-order valence-electron chi connectivity index (χ0n) is 67.9. The van der Waals surface area contributed by atoms with Crippen molar-refractivity contribution < 1.29 is 66.8 Å². The fourth-order valence-corrected chi connectivity index (χ4v) is 15.3. The molecule has 3 fully saturated rings. The average Bonchev–Trinajstić information content (AvgIpc) is 1.76. The molecular formula is C93H105Cl2N3O14S. The maximum absolute atomic E-state index is 13.6. The first-order valence-electron chi connectivity index (χ1n) is 38.3. The highest BCUT2D eigenvalue weighted by molar-refractivity contribution is 7.98. The second kappa shape index (κ2) is 37.8. The summed E-state index contributed by atoms with van der Waals surface area (Å²) in [4.78, 5) is 121. The number of ketones is 6. The monoisotopic (exact) mass is 1590 g/mol. The van der Waals surface area contributed by atoms with Gasteiger partial charge >= 0.3 is 12.2 Å². The van der Waals surface area contributed by atoms with Gasteiger partial charge in [0, 0.05) is 95.6 Å². The number of carbonyl (C=O) groups excluding carboxylic acids is 9. The Bertz CT molecular complexity index is 4510. The van der Waals surface area contributed by atoms with E-state index in [9.17, 15) is 43.2 Å². The lowest BCUT2D eigenvalue weighted by atomic mass is 9.84. The predicted molar refractivity (Wildman–Crippen MR) is 445 cm³/mol. The highest BCUT2D eigenvalue weighted by Crippen LogP contribution is 2.39. The van der Waals surface area contributed by atoms with Crippen molar-refractivity contribution in [3.05, 3.63) is 247 Å². The Morgan fingerprint density at radius 3 is 0.991 bits per heavy atom. The quantitative estimate of drug-likeness (QED) is 0.0385. The SMILES string of the molecule is CC(=O)C(C)(C)Oc1c(C)cc(C[C@@H]2CN(C(=O)Oc3ccccc3)C[C@H]2C(=O)c2ccc(Cl)cc2)cc1C.CC(=O)C(C)(C)Oc1c(C)cc(C[C@H]2CN(C(=O)Oc3ccccc3)C[C@@H]2C(=O)c2ccc(Cl)cc2)cc1C.CSc1ccc(C(=O)[C@H]2CN(C(C)=O)C[C@@H]2CCc2cc(C)c(OC(C)(C)C(C)=O)c(C)c2)cc1. The summed E-state index contributed by atoms with van der Waals surface area (Å²) in [6.07, 6.45) is 3.89. The standard InChI is InChI=1S/2C32H34ClNO5.C29H37NO4S/c2*1-20-15-23(16-21(2)30(20)39-32(4,5)22(3)35)17-25-18-34(31(37)38-27-9-7-6-8-10-27)19-28(25)29(36)24-11-13-26(33)14-12-24;1-18-14-22(15-19(2)28(18)34-29(5,6)20(3)31)8-9-24-16-30(21(4)32)17-26(24)27(33)23-10-12-25(35-7)13-11-23/h2*6-16,25,28H,17-19H2,1-5H3;10-15,24,26H,8-9,16-17H2,1-7H3/t2*25-,28-;24-,26-/m100/s1. The zero-order chi connectivity index (χ0) is 82.6. The number of carbonyl (C=O) groups is 9. The van der Waals surface area contributed by atoms with Crippen LogP contribution in [0.5, 0.6) is 28.7 Å². The van der Waals surface area contributed by atoms with Gasteiger partial charge in [-0.05, 0) is 289 Å². The predicted octanol–water partition coefficient (Wildman–Crippen LogP) is 19.4. The lowest BCUT2D eigenvalue weighted by molar-refractivity contribution is -0.130. The van der Waals surface area contributed by atoms with Crippen molar-refractivity contribution in [2.24, 2.45) is 35.5 Å². The molecule has 17 nitrogen and oxygen atoms in total. The van der Waals surface area contributed by atoms with E-state index >= 15 is 0 Å². The minimum atomic E-state index is -0.932. The molecular weight excluding hydrogens is 1490 g/mol. The molecule has 0 saturated carbocycles. The summed E-state index contributed by atoms with van der Waals surface area (Å²) in [7, 11) is 0. The molecule has 596 valence electrons. The summed E-state index contributed by atoms with van der Waals surface area (Å²) >= 11 is 13.7. The van der Waals surface area contributed by atoms with E-state index in [4.69, 9.17) is 46.9 Å². The van der Waals surface area contributed by atoms with E-state index in [0.717, 1.165) is 68.0 Å². The van der Waals surface area contributed by atoms with E-state index in [1.807, 2.05) is 108 Å². The van der Waals surface area contributed by atoms with Crippen LogP contribution in [0.4, 0.5) is 9.59 Å². The van der Waals surface area contributed by atoms with E-state index in [-0.39, 0.29) is 77.4 Å². The van der Waals surface area contributed by atoms with Crippen molar-refractivity contribution in [1.82, 2.24) is 14.7 Å². The van der Waals surface area contributed by atoms with Gasteiger partial charge in [0.05, 0.1) is 0 Å². The molecule has 0 unspecified atom stereocenters. The Labute approximate surface area is 679 Å². The first-order chi connectivity index (χ1) is 53.3. The van der Waals surface area contributed by atoms with Crippen LogP contribution in [0.1, 0.15) is 157 Å². The Morgan fingerprint density at radius 2 is 0.681 bits per heavy atom. The van der Waals surface area contributed by atoms with Gasteiger partial charge < -0.3 is 38.4 Å². The van der Waals surface area contributed by atoms with E-state index in [0.29, 0.717) is 88.8 Å². The number of Topliss-reactive ketones (excluding diaryl/α,β-unsaturated/α-hetero) is 6. The number of thioether (sulfide) groups is 1. The smallest absolute Gasteiger partial charge is 0.415 e. The van der Waals surface area contributed by atoms with Crippen LogP contribution in [0.2, 0.25) is 10.0 Å². The number of hydrogen-bond donors (Lipinski definition) is 0. The summed E-state index contributed by atoms with van der Waals surface area (Å²) in [6.45, 7) is 31.0. The number of aryl methyl sites for hydroxylation is 7. The Balaban J connectivity index is 0.000000195. The van der Waals surface area contributed by atoms with Crippen LogP contribution in [-0.2, 0) is 38.4 Å². The third-order valence-corrected chi connectivity index (χ3v) is 23.0. The number of likely N-dealkylation sites (tertiary alicyclic amines) is 3. The Kier molecular flexibility index (Phi) is 29.2. The summed E-state index contributed by atoms with van der Waals surface area (Å²) in [5.74, 6) is 1.89. The summed E-state index contributed by atoms with van der Waals surface area (Å²) < 4.78 is 29.4. The molecule has 0 aromatic heterocycles. The van der Waals surface area contributed by atoms with Gasteiger partial charge in [0.15, 0.2) is 51.5 Å². The summed E-state index contributed by atoms with van der Waals surface area (Å²) in [5.41, 5.74) is 7.99. The molecule has 0 spiro atoms. The highest BCUT2D eigenvalue weighted by atomic mass is 35.5. The minimum absolute atomic E-state index is 0.0179. The van der Waals surface area contributed by atoms with E-state index in [2.05, 4.69) is 12.1 Å². The summed E-state index contributed by atoms with van der Waals surface area (Å²) in [6, 6.07) is 51.6. The second-order valence-corrected chi connectivity index (χ2v) is 33.4. The fraction of sp³-hybridized carbons (Fsp3) is 0.387. The molecule has 3 aliphatic heterocycles. The first kappa shape index (κ1) is 87.1. The maximum atomic E-state index is 13.6. The van der Waals surface area contributed by atoms with Gasteiger partial charge in [-0.3, -0.25) is 33.6 Å². The topological polar surface area (TPSA) is 209 Å². The number of nitrogens with zero attached hydrogens (tertiary/aromatic N) is 3. The van der Waals surface area contributed by atoms with Crippen LogP contribution in [0.25, 0.3) is 0 Å². The molecule has 20 heteroatoms. The van der Waals surface area contributed by atoms with Gasteiger partial charge in [0.1, 0.15) is 28.7 Å². The van der Waals surface area contributed by atoms with Crippen LogP contribution >= 0.6 is 35.0 Å². The van der Waals surface area contributed by atoms with Gasteiger partial charge in [0.2, 0.25) is 5.91 Å². The molecule has 8 aromatic carbocycles. The van der Waals surface area contributed by atoms with Gasteiger partial charge in [-0.15, -0.1) is 11.8 Å². The molecule has 3 saturated heterocycles. The van der Waals surface area contributed by atoms with Gasteiger partial charge in [0.25, 0.3) is 0 Å². The minimum Gasteiger partial charge on any atom is -0.480 e. The molecule has 8 aromatic rings. The van der Waals surface area contributed by atoms with E-state index in [1.165, 1.54) is 19.4 Å². The van der Waals surface area contributed by atoms with E-state index < -0.39 is 40.8 Å². The molecule has 3 amide bonds. The highest BCUT2D eigenvalue weighted by Gasteiger charge is 2.44. The van der Waals surface area contributed by atoms with Crippen molar-refractivity contribution in [2.45, 2.75) is 158 Å². The zero-order valence-corrected chi connectivity index (χ0v) is 70.3. The lowest BCUT2D eigenvalue weighted by Gasteiger charge is -2.26. The van der Waals surface area contributed by atoms with Crippen LogP contribution in [0, 0.1) is 77.0 Å². The molecule has 3 heterocycles. The molecule has 3 aliphatic rings. The number of para-hydroxylation sites is 2. The van der Waals surface area contributed by atoms with Crippen molar-refractivity contribution in [3.8, 4) is 28.7 Å². The maximum Gasteiger partial charge on any atom is 0.415 e. The van der Waals surface area contributed by atoms with Crippen LogP contribution in [0.15, 0.2) is 175 Å². The molecule has 0 radical (unpaired) electrons. The number of halogens is 2. The normalized spacial score (nSPS) is 17.4. The number of ether oxygens (including phenoxy) is 5. The lowest BCUT2D eigenvalue weighted by Crippen LogP contribution is -2.36.